The third-order valence-electron chi connectivity index (χ3n) is 3.80. The standard InChI is InChI=1S/C14H18ClF2NO2S/c15-13-4-2-1-3-10(13)9-18-11-5-7-12(8-6-11)21(19,20)14(16)17/h5-8,10,13-14,18H,1-4,9H2. The van der Waals surface area contributed by atoms with Gasteiger partial charge < -0.3 is 5.32 Å². The lowest BCUT2D eigenvalue weighted by atomic mass is 9.88. The van der Waals surface area contributed by atoms with E-state index in [1.807, 2.05) is 0 Å². The van der Waals surface area contributed by atoms with Gasteiger partial charge in [0.2, 0.25) is 9.84 Å². The first-order valence-corrected chi connectivity index (χ1v) is 8.89. The van der Waals surface area contributed by atoms with Crippen molar-refractivity contribution in [3.05, 3.63) is 24.3 Å². The summed E-state index contributed by atoms with van der Waals surface area (Å²) in [5.74, 6) is -3.01. The highest BCUT2D eigenvalue weighted by Gasteiger charge is 2.26. The predicted octanol–water partition coefficient (Wildman–Crippen LogP) is 3.89. The SMILES string of the molecule is O=S(=O)(c1ccc(NCC2CCCCC2Cl)cc1)C(F)F. The van der Waals surface area contributed by atoms with Crippen molar-refractivity contribution in [1.82, 2.24) is 0 Å². The smallest absolute Gasteiger partial charge is 0.341 e. The Balaban J connectivity index is 1.97. The Hall–Kier alpha value is -0.880. The van der Waals surface area contributed by atoms with Gasteiger partial charge in [-0.3, -0.25) is 0 Å². The fraction of sp³-hybridized carbons (Fsp3) is 0.571. The fourth-order valence-corrected chi connectivity index (χ4v) is 3.60. The van der Waals surface area contributed by atoms with Crippen LogP contribution in [0, 0.1) is 5.92 Å². The van der Waals surface area contributed by atoms with Gasteiger partial charge in [-0.15, -0.1) is 11.6 Å². The molecule has 1 fully saturated rings. The van der Waals surface area contributed by atoms with Gasteiger partial charge in [0.05, 0.1) is 4.90 Å². The molecule has 2 unspecified atom stereocenters. The molecule has 3 nitrogen and oxygen atoms in total. The third kappa shape index (κ3) is 4.07. The molecule has 0 bridgehead atoms. The van der Waals surface area contributed by atoms with Crippen molar-refractivity contribution in [1.29, 1.82) is 0 Å². The van der Waals surface area contributed by atoms with Crippen molar-refractivity contribution in [3.63, 3.8) is 0 Å². The van der Waals surface area contributed by atoms with Crippen LogP contribution in [0.15, 0.2) is 29.2 Å². The number of rotatable bonds is 5. The maximum absolute atomic E-state index is 12.4. The predicted molar refractivity (Wildman–Crippen MR) is 79.7 cm³/mol. The van der Waals surface area contributed by atoms with Crippen LogP contribution in [0.2, 0.25) is 0 Å². The van der Waals surface area contributed by atoms with E-state index in [1.165, 1.54) is 30.7 Å². The van der Waals surface area contributed by atoms with Gasteiger partial charge in [0.25, 0.3) is 0 Å². The van der Waals surface area contributed by atoms with E-state index in [0.717, 1.165) is 19.3 Å². The first kappa shape index (κ1) is 16.5. The number of sulfone groups is 1. The molecule has 0 saturated heterocycles. The van der Waals surface area contributed by atoms with Gasteiger partial charge in [0, 0.05) is 17.6 Å². The Morgan fingerprint density at radius 2 is 1.81 bits per heavy atom. The highest BCUT2D eigenvalue weighted by molar-refractivity contribution is 7.91. The van der Waals surface area contributed by atoms with Gasteiger partial charge in [0.15, 0.2) is 0 Å². The number of hydrogen-bond acceptors (Lipinski definition) is 3. The summed E-state index contributed by atoms with van der Waals surface area (Å²) >= 11 is 6.27. The van der Waals surface area contributed by atoms with Gasteiger partial charge in [-0.25, -0.2) is 8.42 Å². The molecular formula is C14H18ClF2NO2S. The van der Waals surface area contributed by atoms with E-state index in [1.54, 1.807) is 0 Å². The Labute approximate surface area is 128 Å². The quantitative estimate of drug-likeness (QED) is 0.829. The van der Waals surface area contributed by atoms with Crippen molar-refractivity contribution < 1.29 is 17.2 Å². The largest absolute Gasteiger partial charge is 0.385 e. The molecule has 0 spiro atoms. The molecule has 1 aromatic rings. The lowest BCUT2D eigenvalue weighted by molar-refractivity contribution is 0.234. The number of nitrogens with one attached hydrogen (secondary N) is 1. The van der Waals surface area contributed by atoms with Crippen LogP contribution in [0.1, 0.15) is 25.7 Å². The number of alkyl halides is 3. The second-order valence-corrected chi connectivity index (χ2v) is 7.75. The van der Waals surface area contributed by atoms with Crippen molar-refractivity contribution in [2.75, 3.05) is 11.9 Å². The minimum absolute atomic E-state index is 0.157. The summed E-state index contributed by atoms with van der Waals surface area (Å²) in [6.45, 7) is 0.703. The molecule has 0 aromatic heterocycles. The van der Waals surface area contributed by atoms with Crippen LogP contribution in [0.4, 0.5) is 14.5 Å². The molecule has 1 aliphatic rings. The Morgan fingerprint density at radius 3 is 2.38 bits per heavy atom. The van der Waals surface area contributed by atoms with Crippen molar-refractivity contribution in [2.45, 2.75) is 41.7 Å². The topological polar surface area (TPSA) is 46.2 Å². The normalized spacial score (nSPS) is 23.2. The molecule has 0 radical (unpaired) electrons. The minimum Gasteiger partial charge on any atom is -0.385 e. The van der Waals surface area contributed by atoms with E-state index in [-0.39, 0.29) is 10.3 Å². The summed E-state index contributed by atoms with van der Waals surface area (Å²) in [5.41, 5.74) is 0.706. The van der Waals surface area contributed by atoms with Crippen LogP contribution in [0.5, 0.6) is 0 Å². The molecule has 2 rings (SSSR count). The zero-order chi connectivity index (χ0) is 15.5. The van der Waals surface area contributed by atoms with Crippen LogP contribution < -0.4 is 5.32 Å². The molecule has 1 N–H and O–H groups in total. The molecule has 21 heavy (non-hydrogen) atoms. The van der Waals surface area contributed by atoms with Crippen molar-refractivity contribution in [3.8, 4) is 0 Å². The Morgan fingerprint density at radius 1 is 1.19 bits per heavy atom. The highest BCUT2D eigenvalue weighted by Crippen LogP contribution is 2.29. The molecule has 0 aliphatic heterocycles. The lowest BCUT2D eigenvalue weighted by Crippen LogP contribution is -2.26. The van der Waals surface area contributed by atoms with Crippen molar-refractivity contribution >= 4 is 27.1 Å². The molecular weight excluding hydrogens is 320 g/mol. The highest BCUT2D eigenvalue weighted by atomic mass is 35.5. The first-order valence-electron chi connectivity index (χ1n) is 6.91. The van der Waals surface area contributed by atoms with E-state index in [0.29, 0.717) is 18.2 Å². The number of anilines is 1. The molecule has 2 atom stereocenters. The van der Waals surface area contributed by atoms with Crippen molar-refractivity contribution in [2.24, 2.45) is 5.92 Å². The third-order valence-corrected chi connectivity index (χ3v) is 5.78. The molecule has 1 aliphatic carbocycles. The second kappa shape index (κ2) is 6.92. The summed E-state index contributed by atoms with van der Waals surface area (Å²) < 4.78 is 47.4. The second-order valence-electron chi connectivity index (χ2n) is 5.27. The van der Waals surface area contributed by atoms with E-state index < -0.39 is 15.6 Å². The molecule has 1 saturated carbocycles. The summed E-state index contributed by atoms with van der Waals surface area (Å²) in [7, 11) is -4.52. The van der Waals surface area contributed by atoms with Gasteiger partial charge >= 0.3 is 5.76 Å². The molecule has 0 amide bonds. The average molecular weight is 338 g/mol. The van der Waals surface area contributed by atoms with Crippen LogP contribution in [0.25, 0.3) is 0 Å². The molecule has 1 aromatic carbocycles. The minimum atomic E-state index is -4.52. The van der Waals surface area contributed by atoms with E-state index in [9.17, 15) is 17.2 Å². The first-order chi connectivity index (χ1) is 9.91. The molecule has 7 heteroatoms. The van der Waals surface area contributed by atoms with Crippen LogP contribution >= 0.6 is 11.6 Å². The number of hydrogen-bond donors (Lipinski definition) is 1. The zero-order valence-corrected chi connectivity index (χ0v) is 13.0. The lowest BCUT2D eigenvalue weighted by Gasteiger charge is -2.27. The van der Waals surface area contributed by atoms with Crippen LogP contribution in [0.3, 0.4) is 0 Å². The summed E-state index contributed by atoms with van der Waals surface area (Å²) in [6, 6.07) is 5.40. The maximum atomic E-state index is 12.4. The Bertz CT molecular complexity index is 563. The monoisotopic (exact) mass is 337 g/mol. The van der Waals surface area contributed by atoms with E-state index >= 15 is 0 Å². The number of benzene rings is 1. The maximum Gasteiger partial charge on any atom is 0.341 e. The summed E-state index contributed by atoms with van der Waals surface area (Å²) in [5, 5.41) is 3.34. The van der Waals surface area contributed by atoms with Gasteiger partial charge in [-0.2, -0.15) is 8.78 Å². The van der Waals surface area contributed by atoms with Crippen LogP contribution in [-0.4, -0.2) is 26.1 Å². The van der Waals surface area contributed by atoms with E-state index in [2.05, 4.69) is 5.32 Å². The number of halogens is 3. The summed E-state index contributed by atoms with van der Waals surface area (Å²) in [6.07, 6.45) is 4.41. The molecule has 118 valence electrons. The van der Waals surface area contributed by atoms with Gasteiger partial charge in [-0.1, -0.05) is 12.8 Å². The fourth-order valence-electron chi connectivity index (χ4n) is 2.51. The Kier molecular flexibility index (Phi) is 5.43. The van der Waals surface area contributed by atoms with Gasteiger partial charge in [-0.05, 0) is 43.0 Å². The average Bonchev–Trinajstić information content (AvgIpc) is 2.46. The van der Waals surface area contributed by atoms with Gasteiger partial charge in [0.1, 0.15) is 0 Å². The summed E-state index contributed by atoms with van der Waals surface area (Å²) in [4.78, 5) is -0.365. The van der Waals surface area contributed by atoms with Crippen LogP contribution in [-0.2, 0) is 9.84 Å². The molecule has 0 heterocycles. The zero-order valence-electron chi connectivity index (χ0n) is 11.4. The van der Waals surface area contributed by atoms with E-state index in [4.69, 9.17) is 11.6 Å².